The summed E-state index contributed by atoms with van der Waals surface area (Å²) in [6.07, 6.45) is 11.9. The molecule has 3 aliphatic rings. The highest BCUT2D eigenvalue weighted by atomic mass is 127. The number of pyridine rings is 4. The number of aryl methyl sites for hydroxylation is 3. The summed E-state index contributed by atoms with van der Waals surface area (Å²) in [4.78, 5) is 79.4. The van der Waals surface area contributed by atoms with Gasteiger partial charge in [-0.15, -0.1) is 13.2 Å². The number of hydrogen-bond donors (Lipinski definition) is 3. The molecule has 11 rings (SSSR count). The lowest BCUT2D eigenvalue weighted by atomic mass is 9.78. The number of urea groups is 2. The van der Waals surface area contributed by atoms with Crippen molar-refractivity contribution in [2.24, 2.45) is 21.1 Å². The van der Waals surface area contributed by atoms with E-state index in [9.17, 15) is 28.8 Å². The van der Waals surface area contributed by atoms with E-state index in [1.807, 2.05) is 114 Å². The zero-order chi connectivity index (χ0) is 71.4. The van der Waals surface area contributed by atoms with Crippen molar-refractivity contribution in [3.05, 3.63) is 281 Å². The fourth-order valence-corrected chi connectivity index (χ4v) is 12.9. The molecule has 3 saturated heterocycles. The van der Waals surface area contributed by atoms with Gasteiger partial charge in [-0.2, -0.15) is 0 Å². The van der Waals surface area contributed by atoms with E-state index in [1.165, 1.54) is 0 Å². The zero-order valence-electron chi connectivity index (χ0n) is 57.6. The Kier molecular flexibility index (Phi) is 30.0. The SMILES string of the molecule is C=C(C)C[C@]1(c2ccccc2)CCCN([C@@H](C)c2ccc(-c3ccn(C)c(=O)c3)cc2)C(=O)N1.C=C(C)C[C@]1(c2ccccc2)CCCN([C@@H](C)c2ccc(B3OC(C)(C)C(C)(C)O3)cc2)C(=O)N1.CI.Cn1ccc(I)cc1=O.Cn1ccc(I)cc1=O.O=c1cc(I)cc[nH]1. The predicted molar refractivity (Wildman–Crippen MR) is 429 cm³/mol. The lowest BCUT2D eigenvalue weighted by Crippen LogP contribution is -2.49. The first kappa shape index (κ1) is 79.6. The van der Waals surface area contributed by atoms with E-state index in [1.54, 1.807) is 83.9 Å². The number of carbonyl (C=O) groups is 2. The molecule has 0 bridgehead atoms. The van der Waals surface area contributed by atoms with Crippen LogP contribution in [0, 0.1) is 10.7 Å². The molecule has 0 aliphatic carbocycles. The Hall–Kier alpha value is -6.40. The van der Waals surface area contributed by atoms with Crippen LogP contribution >= 0.6 is 90.4 Å². The van der Waals surface area contributed by atoms with Crippen LogP contribution in [-0.4, -0.2) is 76.9 Å². The Morgan fingerprint density at radius 3 is 1.25 bits per heavy atom. The summed E-state index contributed by atoms with van der Waals surface area (Å²) in [6, 6.07) is 50.7. The lowest BCUT2D eigenvalue weighted by molar-refractivity contribution is 0.00578. The maximum atomic E-state index is 13.6. The van der Waals surface area contributed by atoms with Crippen LogP contribution in [0.3, 0.4) is 0 Å². The molecule has 0 spiro atoms. The van der Waals surface area contributed by atoms with Crippen LogP contribution in [0.1, 0.15) is 128 Å². The highest BCUT2D eigenvalue weighted by Gasteiger charge is 2.52. The van der Waals surface area contributed by atoms with Gasteiger partial charge in [0.25, 0.3) is 16.7 Å². The smallest absolute Gasteiger partial charge is 0.399 e. The summed E-state index contributed by atoms with van der Waals surface area (Å²) >= 11 is 8.45. The second kappa shape index (κ2) is 36.6. The summed E-state index contributed by atoms with van der Waals surface area (Å²) in [7, 11) is 4.82. The highest BCUT2D eigenvalue weighted by Crippen LogP contribution is 2.40. The van der Waals surface area contributed by atoms with Gasteiger partial charge in [0.05, 0.1) is 34.4 Å². The van der Waals surface area contributed by atoms with Gasteiger partial charge in [0.1, 0.15) is 0 Å². The largest absolute Gasteiger partial charge is 0.494 e. The zero-order valence-corrected chi connectivity index (χ0v) is 66.3. The van der Waals surface area contributed by atoms with E-state index in [4.69, 9.17) is 9.31 Å². The number of amides is 4. The van der Waals surface area contributed by atoms with Gasteiger partial charge in [-0.05, 0) is 230 Å². The van der Waals surface area contributed by atoms with Gasteiger partial charge in [-0.3, -0.25) is 19.2 Å². The van der Waals surface area contributed by atoms with Gasteiger partial charge in [0, 0.05) is 94.0 Å². The number of rotatable bonds is 12. The number of benzene rings is 4. The van der Waals surface area contributed by atoms with Crippen molar-refractivity contribution < 1.29 is 18.9 Å². The number of aromatic amines is 1. The first-order valence-electron chi connectivity index (χ1n) is 32.1. The molecule has 7 heterocycles. The minimum Gasteiger partial charge on any atom is -0.399 e. The molecule has 97 heavy (non-hydrogen) atoms. The van der Waals surface area contributed by atoms with Crippen LogP contribution in [0.5, 0.6) is 0 Å². The summed E-state index contributed by atoms with van der Waals surface area (Å²) in [6.45, 7) is 26.1. The molecule has 0 radical (unpaired) electrons. The molecule has 514 valence electrons. The fraction of sp³-hybridized carbons (Fsp3) is 0.342. The van der Waals surface area contributed by atoms with E-state index in [0.29, 0.717) is 13.1 Å². The number of alkyl halides is 1. The molecule has 4 amide bonds. The second-order valence-electron chi connectivity index (χ2n) is 25.7. The average molecular weight is 1760 g/mol. The number of halogens is 4. The molecule has 3 N–H and O–H groups in total. The van der Waals surface area contributed by atoms with Crippen LogP contribution in [0.4, 0.5) is 9.59 Å². The van der Waals surface area contributed by atoms with Gasteiger partial charge < -0.3 is 48.4 Å². The quantitative estimate of drug-likeness (QED) is 0.0467. The van der Waals surface area contributed by atoms with Gasteiger partial charge in [-0.25, -0.2) is 9.59 Å². The molecule has 21 heteroatoms. The molecule has 8 aromatic rings. The third kappa shape index (κ3) is 22.3. The Morgan fingerprint density at radius 2 is 0.897 bits per heavy atom. The predicted octanol–water partition coefficient (Wildman–Crippen LogP) is 15.5. The molecular weight excluding hydrogens is 1670 g/mol. The van der Waals surface area contributed by atoms with Crippen LogP contribution in [0.2, 0.25) is 0 Å². The van der Waals surface area contributed by atoms with Crippen LogP contribution in [0.15, 0.2) is 226 Å². The van der Waals surface area contributed by atoms with Crippen LogP contribution in [-0.2, 0) is 41.5 Å². The third-order valence-electron chi connectivity index (χ3n) is 17.7. The highest BCUT2D eigenvalue weighted by molar-refractivity contribution is 14.1. The molecule has 4 atom stereocenters. The Morgan fingerprint density at radius 1 is 0.515 bits per heavy atom. The van der Waals surface area contributed by atoms with E-state index < -0.39 is 11.1 Å². The molecule has 4 aromatic carbocycles. The number of nitrogens with one attached hydrogen (secondary N) is 3. The fourth-order valence-electron chi connectivity index (χ4n) is 11.6. The molecule has 3 fully saturated rings. The molecule has 16 nitrogen and oxygen atoms in total. The van der Waals surface area contributed by atoms with Crippen molar-refractivity contribution in [1.29, 1.82) is 0 Å². The maximum absolute atomic E-state index is 13.6. The normalized spacial score (nSPS) is 18.2. The number of aromatic nitrogens is 4. The number of nitrogens with zero attached hydrogens (tertiary/aromatic N) is 5. The standard InChI is InChI=1S/C29H39BN2O3.C29H33N3O2.2C6H6INO.C5H4INO.CH3I/c1-21(2)20-29(24-12-9-8-10-13-24)18-11-19-32(26(33)31-29)22(3)23-14-16-25(17-15-23)30-34-27(4,5)28(6,7)35-30;1-21(2)20-29(26-9-6-5-7-10-26)16-8-17-32(28(34)30-29)22(3)23-11-13-24(14-12-23)25-15-18-31(4)27(33)19-25;2*1-8-3-2-5(7)4-6(8)9;6-4-1-2-7-5(8)3-4;1-2/h8-10,12-17,22H,1,11,18-20H2,2-7H3,(H,31,33);5-7,9-15,18-19,22H,1,8,16-17,20H2,2-4H3,(H,30,34);2*2-4H,1H3;1-3H,(H,7,8);1H3/t2*22-,29-;;;;/m00..../s1. The Bertz CT molecular complexity index is 4110. The van der Waals surface area contributed by atoms with Crippen LogP contribution < -0.4 is 38.3 Å². The molecule has 0 unspecified atom stereocenters. The van der Waals surface area contributed by atoms with Crippen molar-refractivity contribution in [3.63, 3.8) is 0 Å². The molecule has 3 aliphatic heterocycles. The van der Waals surface area contributed by atoms with Gasteiger partial charge in [0.2, 0.25) is 5.56 Å². The first-order valence-corrected chi connectivity index (χ1v) is 37.5. The van der Waals surface area contributed by atoms with Gasteiger partial charge >= 0.3 is 19.2 Å². The van der Waals surface area contributed by atoms with Crippen molar-refractivity contribution in [3.8, 4) is 11.1 Å². The third-order valence-corrected chi connectivity index (χ3v) is 19.7. The number of carbonyl (C=O) groups excluding carboxylic acids is 2. The van der Waals surface area contributed by atoms with E-state index in [2.05, 4.69) is 209 Å². The first-order chi connectivity index (χ1) is 45.9. The minimum absolute atomic E-state index is 0.0323. The average Bonchev–Trinajstić information content (AvgIpc) is 1.68. The van der Waals surface area contributed by atoms with E-state index >= 15 is 0 Å². The Balaban J connectivity index is 0.000000219. The number of hydrogen-bond acceptors (Lipinski definition) is 8. The van der Waals surface area contributed by atoms with Gasteiger partial charge in [-0.1, -0.05) is 143 Å². The van der Waals surface area contributed by atoms with Crippen molar-refractivity contribution in [2.45, 2.75) is 128 Å². The molecular formula is C76H91BI4N8O8. The summed E-state index contributed by atoms with van der Waals surface area (Å²) in [5, 5.41) is 6.78. The summed E-state index contributed by atoms with van der Waals surface area (Å²) < 4.78 is 20.0. The topological polar surface area (TPSA) is 182 Å². The van der Waals surface area contributed by atoms with Crippen LogP contribution in [0.25, 0.3) is 11.1 Å². The van der Waals surface area contributed by atoms with Crippen molar-refractivity contribution in [1.82, 2.24) is 39.1 Å². The summed E-state index contributed by atoms with van der Waals surface area (Å²) in [5.41, 5.74) is 7.79. The minimum atomic E-state index is -0.442. The van der Waals surface area contributed by atoms with E-state index in [-0.39, 0.29) is 64.7 Å². The maximum Gasteiger partial charge on any atom is 0.494 e. The summed E-state index contributed by atoms with van der Waals surface area (Å²) in [5.74, 6) is 0. The van der Waals surface area contributed by atoms with E-state index in [0.717, 1.165) is 99.2 Å². The van der Waals surface area contributed by atoms with Gasteiger partial charge in [0.15, 0.2) is 0 Å². The number of H-pyrrole nitrogens is 1. The van der Waals surface area contributed by atoms with Crippen molar-refractivity contribution >= 4 is 115 Å². The monoisotopic (exact) mass is 1760 g/mol. The Labute approximate surface area is 626 Å². The molecule has 4 aromatic heterocycles. The van der Waals surface area contributed by atoms with Crippen molar-refractivity contribution in [2.75, 3.05) is 18.0 Å². The molecule has 0 saturated carbocycles. The second-order valence-corrected chi connectivity index (χ2v) is 29.4. The lowest BCUT2D eigenvalue weighted by Gasteiger charge is -2.36.